The summed E-state index contributed by atoms with van der Waals surface area (Å²) in [4.78, 5) is 4.47. The number of benzene rings is 1. The number of nitrogens with one attached hydrogen (secondary N) is 1. The van der Waals surface area contributed by atoms with Crippen LogP contribution in [0, 0.1) is 0 Å². The first-order chi connectivity index (χ1) is 9.76. The second kappa shape index (κ2) is 7.46. The maximum Gasteiger partial charge on any atom is 0.139 e. The number of hydrogen-bond donors (Lipinski definition) is 1. The Bertz CT molecular complexity index is 548. The molecule has 0 fully saturated rings. The van der Waals surface area contributed by atoms with E-state index in [4.69, 9.17) is 11.6 Å². The van der Waals surface area contributed by atoms with Crippen LogP contribution in [0.3, 0.4) is 0 Å². The van der Waals surface area contributed by atoms with E-state index < -0.39 is 0 Å². The van der Waals surface area contributed by atoms with E-state index in [1.807, 2.05) is 24.5 Å². The van der Waals surface area contributed by atoms with Crippen molar-refractivity contribution in [3.8, 4) is 11.4 Å². The number of aromatic nitrogens is 2. The van der Waals surface area contributed by atoms with Crippen LogP contribution in [0.2, 0.25) is 5.02 Å². The first-order valence-corrected chi connectivity index (χ1v) is 7.64. The zero-order valence-corrected chi connectivity index (χ0v) is 13.0. The molecule has 1 heterocycles. The van der Waals surface area contributed by atoms with Gasteiger partial charge in [0.25, 0.3) is 0 Å². The number of imidazole rings is 1. The average molecular weight is 292 g/mol. The summed E-state index contributed by atoms with van der Waals surface area (Å²) in [6, 6.07) is 6.14. The van der Waals surface area contributed by atoms with Gasteiger partial charge in [0.05, 0.1) is 0 Å². The molecule has 1 N–H and O–H groups in total. The minimum absolute atomic E-state index is 0.801. The lowest BCUT2D eigenvalue weighted by Crippen LogP contribution is -2.14. The lowest BCUT2D eigenvalue weighted by molar-refractivity contribution is 0.674. The van der Waals surface area contributed by atoms with Crippen molar-refractivity contribution in [2.45, 2.75) is 39.8 Å². The summed E-state index contributed by atoms with van der Waals surface area (Å²) in [5.41, 5.74) is 2.25. The predicted octanol–water partition coefficient (Wildman–Crippen LogP) is 4.11. The zero-order valence-electron chi connectivity index (χ0n) is 12.2. The second-order valence-corrected chi connectivity index (χ2v) is 5.33. The fraction of sp³-hybridized carbons (Fsp3) is 0.438. The number of rotatable bonds is 7. The van der Waals surface area contributed by atoms with E-state index in [-0.39, 0.29) is 0 Å². The lowest BCUT2D eigenvalue weighted by Gasteiger charge is -2.10. The molecule has 108 valence electrons. The van der Waals surface area contributed by atoms with Crippen LogP contribution >= 0.6 is 11.6 Å². The Morgan fingerprint density at radius 2 is 2.10 bits per heavy atom. The molecular formula is C16H22ClN3. The van der Waals surface area contributed by atoms with Gasteiger partial charge in [-0.2, -0.15) is 0 Å². The Balaban J connectivity index is 2.23. The smallest absolute Gasteiger partial charge is 0.139 e. The van der Waals surface area contributed by atoms with Gasteiger partial charge in [-0.3, -0.25) is 0 Å². The molecule has 0 aliphatic rings. The third kappa shape index (κ3) is 3.62. The van der Waals surface area contributed by atoms with E-state index in [0.29, 0.717) is 0 Å². The minimum Gasteiger partial charge on any atom is -0.331 e. The molecule has 3 nitrogen and oxygen atoms in total. The third-order valence-electron chi connectivity index (χ3n) is 3.23. The molecule has 0 amide bonds. The van der Waals surface area contributed by atoms with Gasteiger partial charge < -0.3 is 9.88 Å². The van der Waals surface area contributed by atoms with Gasteiger partial charge in [0.1, 0.15) is 5.82 Å². The van der Waals surface area contributed by atoms with Gasteiger partial charge in [-0.15, -0.1) is 0 Å². The summed E-state index contributed by atoms with van der Waals surface area (Å²) in [6.45, 7) is 7.12. The molecule has 0 aliphatic heterocycles. The molecule has 0 spiro atoms. The van der Waals surface area contributed by atoms with E-state index in [1.54, 1.807) is 0 Å². The van der Waals surface area contributed by atoms with Crippen molar-refractivity contribution in [1.29, 1.82) is 0 Å². The standard InChI is InChI=1S/C16H22ClN3/c1-3-7-18-12-14-11-13(5-6-15(14)17)16-19-8-10-20(16)9-4-2/h5-6,8,10-11,18H,3-4,7,9,12H2,1-2H3. The average Bonchev–Trinajstić information content (AvgIpc) is 2.90. The normalized spacial score (nSPS) is 10.9. The maximum atomic E-state index is 6.27. The van der Waals surface area contributed by atoms with Crippen LogP contribution in [-0.4, -0.2) is 16.1 Å². The first-order valence-electron chi connectivity index (χ1n) is 7.27. The molecule has 1 aromatic carbocycles. The summed E-state index contributed by atoms with van der Waals surface area (Å²) >= 11 is 6.27. The molecule has 0 saturated heterocycles. The molecule has 2 rings (SSSR count). The van der Waals surface area contributed by atoms with Crippen LogP contribution in [0.5, 0.6) is 0 Å². The molecule has 0 atom stereocenters. The molecule has 0 aliphatic carbocycles. The number of aryl methyl sites for hydroxylation is 1. The molecule has 1 aromatic heterocycles. The molecule has 0 radical (unpaired) electrons. The van der Waals surface area contributed by atoms with Crippen molar-refractivity contribution in [3.05, 3.63) is 41.2 Å². The predicted molar refractivity (Wildman–Crippen MR) is 85.0 cm³/mol. The zero-order chi connectivity index (χ0) is 14.4. The molecule has 0 bridgehead atoms. The van der Waals surface area contributed by atoms with Crippen LogP contribution < -0.4 is 5.32 Å². The van der Waals surface area contributed by atoms with Gasteiger partial charge in [-0.05, 0) is 43.1 Å². The fourth-order valence-electron chi connectivity index (χ4n) is 2.24. The van der Waals surface area contributed by atoms with Gasteiger partial charge in [0.2, 0.25) is 0 Å². The Labute approximate surface area is 126 Å². The highest BCUT2D eigenvalue weighted by Crippen LogP contribution is 2.24. The SMILES string of the molecule is CCCNCc1cc(-c2nccn2CCC)ccc1Cl. The van der Waals surface area contributed by atoms with Gasteiger partial charge in [-0.25, -0.2) is 4.98 Å². The molecule has 4 heteroatoms. The summed E-state index contributed by atoms with van der Waals surface area (Å²) in [5, 5.41) is 4.20. The molecule has 20 heavy (non-hydrogen) atoms. The van der Waals surface area contributed by atoms with Crippen LogP contribution in [0.25, 0.3) is 11.4 Å². The Hall–Kier alpha value is -1.32. The van der Waals surface area contributed by atoms with Crippen molar-refractivity contribution in [1.82, 2.24) is 14.9 Å². The Morgan fingerprint density at radius 3 is 2.85 bits per heavy atom. The van der Waals surface area contributed by atoms with E-state index in [2.05, 4.69) is 34.8 Å². The summed E-state index contributed by atoms with van der Waals surface area (Å²) < 4.78 is 2.19. The monoisotopic (exact) mass is 291 g/mol. The van der Waals surface area contributed by atoms with Crippen molar-refractivity contribution in [2.75, 3.05) is 6.54 Å². The number of nitrogens with zero attached hydrogens (tertiary/aromatic N) is 2. The van der Waals surface area contributed by atoms with E-state index in [9.17, 15) is 0 Å². The molecular weight excluding hydrogens is 270 g/mol. The van der Waals surface area contributed by atoms with Crippen molar-refractivity contribution < 1.29 is 0 Å². The van der Waals surface area contributed by atoms with E-state index in [0.717, 1.165) is 54.4 Å². The summed E-state index contributed by atoms with van der Waals surface area (Å²) in [6.07, 6.45) is 6.11. The minimum atomic E-state index is 0.801. The summed E-state index contributed by atoms with van der Waals surface area (Å²) in [5.74, 6) is 1.01. The highest BCUT2D eigenvalue weighted by molar-refractivity contribution is 6.31. The highest BCUT2D eigenvalue weighted by Gasteiger charge is 2.08. The molecule has 0 unspecified atom stereocenters. The molecule has 0 saturated carbocycles. The highest BCUT2D eigenvalue weighted by atomic mass is 35.5. The number of halogens is 1. The van der Waals surface area contributed by atoms with E-state index in [1.165, 1.54) is 0 Å². The van der Waals surface area contributed by atoms with Crippen LogP contribution in [0.15, 0.2) is 30.6 Å². The van der Waals surface area contributed by atoms with E-state index >= 15 is 0 Å². The first kappa shape index (κ1) is 15.1. The summed E-state index contributed by atoms with van der Waals surface area (Å²) in [7, 11) is 0. The molecule has 2 aromatic rings. The lowest BCUT2D eigenvalue weighted by atomic mass is 10.1. The number of hydrogen-bond acceptors (Lipinski definition) is 2. The van der Waals surface area contributed by atoms with Crippen LogP contribution in [0.1, 0.15) is 32.3 Å². The van der Waals surface area contributed by atoms with Gasteiger partial charge in [-0.1, -0.05) is 25.4 Å². The van der Waals surface area contributed by atoms with Crippen LogP contribution in [-0.2, 0) is 13.1 Å². The van der Waals surface area contributed by atoms with Crippen LogP contribution in [0.4, 0.5) is 0 Å². The topological polar surface area (TPSA) is 29.9 Å². The van der Waals surface area contributed by atoms with Crippen molar-refractivity contribution in [2.24, 2.45) is 0 Å². The quantitative estimate of drug-likeness (QED) is 0.778. The maximum absolute atomic E-state index is 6.27. The Morgan fingerprint density at radius 1 is 1.25 bits per heavy atom. The second-order valence-electron chi connectivity index (χ2n) is 4.93. The third-order valence-corrected chi connectivity index (χ3v) is 3.59. The Kier molecular flexibility index (Phi) is 5.62. The van der Waals surface area contributed by atoms with Crippen molar-refractivity contribution >= 4 is 11.6 Å². The fourth-order valence-corrected chi connectivity index (χ4v) is 2.42. The van der Waals surface area contributed by atoms with Gasteiger partial charge >= 0.3 is 0 Å². The van der Waals surface area contributed by atoms with Crippen molar-refractivity contribution in [3.63, 3.8) is 0 Å². The van der Waals surface area contributed by atoms with Gasteiger partial charge in [0.15, 0.2) is 0 Å². The largest absolute Gasteiger partial charge is 0.331 e. The van der Waals surface area contributed by atoms with Gasteiger partial charge in [0, 0.05) is 36.1 Å².